The minimum atomic E-state index is -2.78. The number of halogens is 3. The van der Waals surface area contributed by atoms with Gasteiger partial charge in [-0.3, -0.25) is 0 Å². The van der Waals surface area contributed by atoms with Crippen LogP contribution in [0, 0.1) is 0 Å². The standard InChI is InChI=1S/C5H5.C3H7.4CH3.3ClH.Ti/c1-2-4-5-3-1;1-3-2;;;;;;;;/h1-5H;3H,1-2H3;4*1H3;3*1H;. The van der Waals surface area contributed by atoms with E-state index in [4.69, 9.17) is 0 Å². The van der Waals surface area contributed by atoms with Gasteiger partial charge >= 0.3 is 81.5 Å². The summed E-state index contributed by atoms with van der Waals surface area (Å²) in [7, 11) is 0. The van der Waals surface area contributed by atoms with Crippen molar-refractivity contribution in [2.75, 3.05) is 0 Å². The molecule has 0 radical (unpaired) electrons. The van der Waals surface area contributed by atoms with Gasteiger partial charge in [0.1, 0.15) is 0 Å². The van der Waals surface area contributed by atoms with Gasteiger partial charge in [0.05, 0.1) is 0 Å². The minimum Gasteiger partial charge on any atom is -0.147 e. The van der Waals surface area contributed by atoms with Crippen molar-refractivity contribution in [1.82, 2.24) is 0 Å². The van der Waals surface area contributed by atoms with Gasteiger partial charge in [-0.1, -0.05) is 0 Å². The van der Waals surface area contributed by atoms with E-state index in [1.165, 1.54) is 0 Å². The van der Waals surface area contributed by atoms with Crippen LogP contribution in [0.3, 0.4) is 0 Å². The van der Waals surface area contributed by atoms with E-state index >= 15 is 0 Å². The van der Waals surface area contributed by atoms with Gasteiger partial charge in [0, 0.05) is 0 Å². The van der Waals surface area contributed by atoms with Gasteiger partial charge in [-0.2, -0.15) is 0 Å². The molecule has 0 aliphatic heterocycles. The first-order valence-corrected chi connectivity index (χ1v) is 13.4. The molecule has 0 bridgehead atoms. The van der Waals surface area contributed by atoms with Crippen molar-refractivity contribution in [3.8, 4) is 0 Å². The third-order valence-corrected chi connectivity index (χ3v) is 18.5. The number of allylic oxidation sites excluding steroid dienone is 4. The summed E-state index contributed by atoms with van der Waals surface area (Å²) >= 11 is -2.78. The Hall–Kier alpha value is 1.06. The van der Waals surface area contributed by atoms with Crippen molar-refractivity contribution in [3.63, 3.8) is 0 Å². The van der Waals surface area contributed by atoms with E-state index in [9.17, 15) is 0 Å². The summed E-state index contributed by atoms with van der Waals surface area (Å²) in [5.74, 6) is 0. The van der Waals surface area contributed by atoms with Crippen LogP contribution in [-0.4, -0.2) is 0 Å². The van der Waals surface area contributed by atoms with Crippen LogP contribution in [0.4, 0.5) is 0 Å². The van der Waals surface area contributed by atoms with Gasteiger partial charge in [-0.25, -0.2) is 0 Å². The van der Waals surface area contributed by atoms with Gasteiger partial charge in [0.15, 0.2) is 0 Å². The van der Waals surface area contributed by atoms with Gasteiger partial charge < -0.3 is 0 Å². The molecule has 0 N–H and O–H groups in total. The van der Waals surface area contributed by atoms with Crippen molar-refractivity contribution in [2.24, 2.45) is 0 Å². The first-order chi connectivity index (χ1) is 5.58. The number of rotatable bonds is 2. The van der Waals surface area contributed by atoms with Crippen LogP contribution in [0.5, 0.6) is 0 Å². The Morgan fingerprint density at radius 1 is 0.812 bits per heavy atom. The molecule has 1 aliphatic carbocycles. The second kappa shape index (κ2) is 5.37. The molecule has 1 aliphatic rings. The molecule has 1 rings (SSSR count). The zero-order valence-corrected chi connectivity index (χ0v) is 15.2. The molecule has 0 amide bonds. The molecule has 0 nitrogen and oxygen atoms in total. The Bertz CT molecular complexity index is 270. The maximum Gasteiger partial charge on any atom is -0.147 e. The molecule has 0 aromatic rings. The predicted molar refractivity (Wildman–Crippen MR) is 82.3 cm³/mol. The van der Waals surface area contributed by atoms with Crippen LogP contribution >= 0.6 is 37.2 Å². The summed E-state index contributed by atoms with van der Waals surface area (Å²) in [6.45, 7) is 4.79. The van der Waals surface area contributed by atoms with Gasteiger partial charge in [0.25, 0.3) is 0 Å². The van der Waals surface area contributed by atoms with Gasteiger partial charge in [-0.05, 0) is 0 Å². The van der Waals surface area contributed by atoms with E-state index in [2.05, 4.69) is 59.1 Å². The first kappa shape index (κ1) is 22.3. The average molecular weight is 326 g/mol. The average Bonchev–Trinajstić information content (AvgIpc) is 2.34. The van der Waals surface area contributed by atoms with Crippen LogP contribution in [0.2, 0.25) is 29.4 Å². The largest absolute Gasteiger partial charge is 0.147 e. The summed E-state index contributed by atoms with van der Waals surface area (Å²) < 4.78 is 1.54. The molecule has 0 spiro atoms. The van der Waals surface area contributed by atoms with E-state index in [0.29, 0.717) is 0 Å². The molecule has 0 aromatic heterocycles. The normalized spacial score (nSPS) is 19.2. The van der Waals surface area contributed by atoms with Crippen LogP contribution < -0.4 is 0 Å². The third-order valence-electron chi connectivity index (χ3n) is 4.92. The van der Waals surface area contributed by atoms with Crippen LogP contribution in [-0.2, 0) is 14.0 Å². The second-order valence-corrected chi connectivity index (χ2v) is 27.9. The summed E-state index contributed by atoms with van der Waals surface area (Å²) in [4.78, 5) is 0. The Kier molecular flexibility index (Phi) is 7.47. The molecule has 0 saturated heterocycles. The molecule has 0 unspecified atom stereocenters. The van der Waals surface area contributed by atoms with Gasteiger partial charge in [0.2, 0.25) is 0 Å². The van der Waals surface area contributed by atoms with Crippen LogP contribution in [0.15, 0.2) is 24.3 Å². The third kappa shape index (κ3) is 3.78. The number of hydrogen-bond acceptors (Lipinski definition) is 0. The predicted octanol–water partition coefficient (Wildman–Crippen LogP) is 6.41. The van der Waals surface area contributed by atoms with Crippen LogP contribution in [0.1, 0.15) is 13.8 Å². The quantitative estimate of drug-likeness (QED) is 0.514. The molecule has 0 atom stereocenters. The van der Waals surface area contributed by atoms with Crippen molar-refractivity contribution >= 4 is 37.2 Å². The first-order valence-electron chi connectivity index (χ1n) is 5.40. The Labute approximate surface area is 118 Å². The fraction of sp³-hybridized carbons (Fsp3) is 0.667. The molecule has 100 valence electrons. The maximum atomic E-state index is 2.56. The fourth-order valence-corrected chi connectivity index (χ4v) is 6.00. The van der Waals surface area contributed by atoms with E-state index in [1.807, 2.05) is 0 Å². The number of hydrogen-bond donors (Lipinski definition) is 0. The fourth-order valence-electron chi connectivity index (χ4n) is 1.70. The SMILES string of the molecule is C[CH](C)[Ti]([CH3])([CH3])([CH3])([CH3])[CH]1C=CC=C1.Cl.Cl.Cl. The molecule has 16 heavy (non-hydrogen) atoms. The summed E-state index contributed by atoms with van der Waals surface area (Å²) in [6, 6.07) is 0. The van der Waals surface area contributed by atoms with Crippen LogP contribution in [0.25, 0.3) is 0 Å². The molecule has 0 fully saturated rings. The Morgan fingerprint density at radius 2 is 1.12 bits per heavy atom. The van der Waals surface area contributed by atoms with Crippen molar-refractivity contribution in [2.45, 2.75) is 43.2 Å². The van der Waals surface area contributed by atoms with E-state index < -0.39 is 14.0 Å². The Morgan fingerprint density at radius 3 is 1.38 bits per heavy atom. The molecular formula is C12H27Cl3Ti. The molecule has 0 aromatic carbocycles. The molecular weight excluding hydrogens is 298 g/mol. The molecule has 0 heterocycles. The Balaban J connectivity index is -0.000000563. The minimum absolute atomic E-state index is 0. The van der Waals surface area contributed by atoms with Crippen molar-refractivity contribution < 1.29 is 14.0 Å². The summed E-state index contributed by atoms with van der Waals surface area (Å²) in [6.07, 6.45) is 9.20. The maximum absolute atomic E-state index is 2.78. The molecule has 4 heteroatoms. The van der Waals surface area contributed by atoms with E-state index in [1.54, 1.807) is 0 Å². The smallest absolute Gasteiger partial charge is 0.147 e. The van der Waals surface area contributed by atoms with E-state index in [-0.39, 0.29) is 37.2 Å². The van der Waals surface area contributed by atoms with Gasteiger partial charge in [-0.15, -0.1) is 37.2 Å². The summed E-state index contributed by atoms with van der Waals surface area (Å²) in [5.41, 5.74) is 0. The zero-order valence-electron chi connectivity index (χ0n) is 11.2. The summed E-state index contributed by atoms with van der Waals surface area (Å²) in [5, 5.41) is 10.3. The second-order valence-electron chi connectivity index (χ2n) is 7.93. The van der Waals surface area contributed by atoms with Crippen molar-refractivity contribution in [1.29, 1.82) is 0 Å². The molecule has 0 saturated carbocycles. The topological polar surface area (TPSA) is 0 Å². The van der Waals surface area contributed by atoms with Crippen molar-refractivity contribution in [3.05, 3.63) is 24.3 Å². The van der Waals surface area contributed by atoms with E-state index in [0.717, 1.165) is 8.45 Å². The monoisotopic (exact) mass is 324 g/mol. The zero-order chi connectivity index (χ0) is 10.4.